The Hall–Kier alpha value is -2.03. The minimum atomic E-state index is -1.36. The number of ether oxygens (including phenoxy) is 2. The summed E-state index contributed by atoms with van der Waals surface area (Å²) in [5, 5.41) is 23.0. The van der Waals surface area contributed by atoms with Crippen molar-refractivity contribution in [3.8, 4) is 0 Å². The standard InChI is InChI=1S/C20H20ClN3O4/c21-17-13-7-9-24(18(13)23-11-22-17)19-15(25)20(26)8-6-14(16(20)28-19)27-10-12-4-2-1-3-5-12/h1-5,7,9,11,14-16,19,25-26H,6,8,10H2/t14-,15?,16-,19-,20+/m1/s1. The summed E-state index contributed by atoms with van der Waals surface area (Å²) < 4.78 is 13.9. The van der Waals surface area contributed by atoms with E-state index in [1.807, 2.05) is 30.3 Å². The summed E-state index contributed by atoms with van der Waals surface area (Å²) in [7, 11) is 0. The van der Waals surface area contributed by atoms with E-state index in [4.69, 9.17) is 21.1 Å². The summed E-state index contributed by atoms with van der Waals surface area (Å²) in [5.41, 5.74) is 0.240. The SMILES string of the molecule is OC1[C@H](n2ccc3c(Cl)ncnc32)O[C@@H]2[C@H](OCc3ccccc3)CC[C@]12O. The number of hydrogen-bond donors (Lipinski definition) is 2. The zero-order valence-corrected chi connectivity index (χ0v) is 15.7. The molecule has 0 spiro atoms. The Kier molecular flexibility index (Phi) is 4.37. The second-order valence-electron chi connectivity index (χ2n) is 7.38. The van der Waals surface area contributed by atoms with Crippen LogP contribution in [0.3, 0.4) is 0 Å². The molecule has 1 saturated heterocycles. The van der Waals surface area contributed by atoms with Crippen LogP contribution in [0.5, 0.6) is 0 Å². The number of aliphatic hydroxyl groups excluding tert-OH is 1. The molecule has 2 fully saturated rings. The Morgan fingerprint density at radius 3 is 2.89 bits per heavy atom. The van der Waals surface area contributed by atoms with Crippen molar-refractivity contribution in [2.24, 2.45) is 0 Å². The van der Waals surface area contributed by atoms with E-state index in [-0.39, 0.29) is 6.10 Å². The van der Waals surface area contributed by atoms with E-state index in [1.165, 1.54) is 6.33 Å². The van der Waals surface area contributed by atoms with Gasteiger partial charge in [0.2, 0.25) is 0 Å². The second kappa shape index (κ2) is 6.79. The van der Waals surface area contributed by atoms with E-state index >= 15 is 0 Å². The minimum Gasteiger partial charge on any atom is -0.385 e. The lowest BCUT2D eigenvalue weighted by atomic mass is 9.94. The Morgan fingerprint density at radius 1 is 1.25 bits per heavy atom. The molecule has 3 heterocycles. The Bertz CT molecular complexity index is 998. The summed E-state index contributed by atoms with van der Waals surface area (Å²) in [5.74, 6) is 0. The number of aliphatic hydroxyl groups is 2. The molecular weight excluding hydrogens is 382 g/mol. The number of fused-ring (bicyclic) bond motifs is 2. The first-order valence-electron chi connectivity index (χ1n) is 9.26. The molecule has 2 aliphatic rings. The van der Waals surface area contributed by atoms with Gasteiger partial charge in [0.15, 0.2) is 6.23 Å². The van der Waals surface area contributed by atoms with Crippen molar-refractivity contribution in [2.75, 3.05) is 0 Å². The third-order valence-corrected chi connectivity index (χ3v) is 6.07. The molecule has 0 amide bonds. The van der Waals surface area contributed by atoms with E-state index in [9.17, 15) is 10.2 Å². The molecule has 3 aromatic rings. The molecule has 1 aliphatic carbocycles. The monoisotopic (exact) mass is 401 g/mol. The van der Waals surface area contributed by atoms with Crippen molar-refractivity contribution in [3.63, 3.8) is 0 Å². The molecule has 0 bridgehead atoms. The van der Waals surface area contributed by atoms with Crippen molar-refractivity contribution in [1.29, 1.82) is 0 Å². The van der Waals surface area contributed by atoms with Gasteiger partial charge in [0, 0.05) is 6.20 Å². The predicted molar refractivity (Wildman–Crippen MR) is 102 cm³/mol. The van der Waals surface area contributed by atoms with E-state index in [0.29, 0.717) is 35.6 Å². The summed E-state index contributed by atoms with van der Waals surface area (Å²) in [6.45, 7) is 0.428. The molecule has 28 heavy (non-hydrogen) atoms. The van der Waals surface area contributed by atoms with Gasteiger partial charge >= 0.3 is 0 Å². The van der Waals surface area contributed by atoms with Gasteiger partial charge in [0.25, 0.3) is 0 Å². The fourth-order valence-electron chi connectivity index (χ4n) is 4.29. The number of benzene rings is 1. The van der Waals surface area contributed by atoms with Crippen LogP contribution in [-0.2, 0) is 16.1 Å². The van der Waals surface area contributed by atoms with Crippen molar-refractivity contribution >= 4 is 22.6 Å². The van der Waals surface area contributed by atoms with Crippen LogP contribution in [0.15, 0.2) is 48.9 Å². The maximum Gasteiger partial charge on any atom is 0.164 e. The van der Waals surface area contributed by atoms with Crippen molar-refractivity contribution < 1.29 is 19.7 Å². The number of nitrogens with zero attached hydrogens (tertiary/aromatic N) is 3. The lowest BCUT2D eigenvalue weighted by Gasteiger charge is -2.26. The predicted octanol–water partition coefficient (Wildman–Crippen LogP) is 2.45. The van der Waals surface area contributed by atoms with Crippen LogP contribution in [0.4, 0.5) is 0 Å². The molecule has 1 unspecified atom stereocenters. The average Bonchev–Trinajstić information content (AvgIpc) is 3.34. The van der Waals surface area contributed by atoms with Gasteiger partial charge < -0.3 is 24.3 Å². The highest BCUT2D eigenvalue weighted by Crippen LogP contribution is 2.48. The van der Waals surface area contributed by atoms with Crippen molar-refractivity contribution in [3.05, 3.63) is 59.6 Å². The molecule has 5 rings (SSSR count). The summed E-state index contributed by atoms with van der Waals surface area (Å²) >= 11 is 6.12. The van der Waals surface area contributed by atoms with E-state index < -0.39 is 24.0 Å². The molecule has 1 aliphatic heterocycles. The van der Waals surface area contributed by atoms with Crippen LogP contribution in [-0.4, -0.2) is 48.7 Å². The van der Waals surface area contributed by atoms with Gasteiger partial charge in [-0.3, -0.25) is 0 Å². The first-order valence-corrected chi connectivity index (χ1v) is 9.64. The first-order chi connectivity index (χ1) is 13.6. The van der Waals surface area contributed by atoms with Gasteiger partial charge in [-0.15, -0.1) is 0 Å². The molecule has 5 atom stereocenters. The van der Waals surface area contributed by atoms with Gasteiger partial charge in [0.05, 0.1) is 18.1 Å². The third kappa shape index (κ3) is 2.74. The maximum atomic E-state index is 11.1. The summed E-state index contributed by atoms with van der Waals surface area (Å²) in [6, 6.07) is 11.6. The van der Waals surface area contributed by atoms with Crippen LogP contribution in [0, 0.1) is 0 Å². The van der Waals surface area contributed by atoms with Crippen LogP contribution < -0.4 is 0 Å². The zero-order chi connectivity index (χ0) is 19.3. The number of aromatic nitrogens is 3. The first kappa shape index (κ1) is 18.0. The molecule has 2 aromatic heterocycles. The fraction of sp³-hybridized carbons (Fsp3) is 0.400. The Labute approximate surface area is 166 Å². The quantitative estimate of drug-likeness (QED) is 0.653. The number of hydrogen-bond acceptors (Lipinski definition) is 6. The highest BCUT2D eigenvalue weighted by atomic mass is 35.5. The molecule has 7 nitrogen and oxygen atoms in total. The van der Waals surface area contributed by atoms with Gasteiger partial charge in [-0.05, 0) is 24.5 Å². The molecule has 8 heteroatoms. The lowest BCUT2D eigenvalue weighted by Crippen LogP contribution is -2.46. The number of halogens is 1. The molecule has 1 saturated carbocycles. The van der Waals surface area contributed by atoms with Gasteiger partial charge in [-0.2, -0.15) is 0 Å². The highest BCUT2D eigenvalue weighted by Gasteiger charge is 2.62. The Morgan fingerprint density at radius 2 is 2.07 bits per heavy atom. The molecule has 0 radical (unpaired) electrons. The van der Waals surface area contributed by atoms with E-state index in [0.717, 1.165) is 5.56 Å². The average molecular weight is 402 g/mol. The summed E-state index contributed by atoms with van der Waals surface area (Å²) in [6.07, 6.45) is 1.33. The highest BCUT2D eigenvalue weighted by molar-refractivity contribution is 6.33. The van der Waals surface area contributed by atoms with Gasteiger partial charge in [-0.1, -0.05) is 41.9 Å². The van der Waals surface area contributed by atoms with Gasteiger partial charge in [-0.25, -0.2) is 9.97 Å². The maximum absolute atomic E-state index is 11.1. The topological polar surface area (TPSA) is 89.6 Å². The summed E-state index contributed by atoms with van der Waals surface area (Å²) in [4.78, 5) is 8.23. The fourth-order valence-corrected chi connectivity index (χ4v) is 4.48. The lowest BCUT2D eigenvalue weighted by molar-refractivity contribution is -0.109. The van der Waals surface area contributed by atoms with E-state index in [2.05, 4.69) is 9.97 Å². The third-order valence-electron chi connectivity index (χ3n) is 5.77. The molecule has 146 valence electrons. The molecular formula is C20H20ClN3O4. The smallest absolute Gasteiger partial charge is 0.164 e. The largest absolute Gasteiger partial charge is 0.385 e. The van der Waals surface area contributed by atoms with Crippen LogP contribution in [0.2, 0.25) is 5.15 Å². The second-order valence-corrected chi connectivity index (χ2v) is 7.74. The molecule has 1 aromatic carbocycles. The van der Waals surface area contributed by atoms with E-state index in [1.54, 1.807) is 16.8 Å². The van der Waals surface area contributed by atoms with Crippen LogP contribution in [0.1, 0.15) is 24.6 Å². The van der Waals surface area contributed by atoms with Crippen molar-refractivity contribution in [1.82, 2.24) is 14.5 Å². The van der Waals surface area contributed by atoms with Gasteiger partial charge in [0.1, 0.15) is 34.9 Å². The van der Waals surface area contributed by atoms with Crippen LogP contribution in [0.25, 0.3) is 11.0 Å². The molecule has 2 N–H and O–H groups in total. The number of rotatable bonds is 4. The van der Waals surface area contributed by atoms with Crippen LogP contribution >= 0.6 is 11.6 Å². The zero-order valence-electron chi connectivity index (χ0n) is 15.0. The minimum absolute atomic E-state index is 0.301. The van der Waals surface area contributed by atoms with Crippen molar-refractivity contribution in [2.45, 2.75) is 49.6 Å². The normalized spacial score (nSPS) is 32.1. The Balaban J connectivity index is 1.39.